The van der Waals surface area contributed by atoms with Gasteiger partial charge in [0.25, 0.3) is 0 Å². The van der Waals surface area contributed by atoms with Gasteiger partial charge in [0.05, 0.1) is 5.41 Å². The van der Waals surface area contributed by atoms with E-state index >= 15 is 0 Å². The zero-order valence-electron chi connectivity index (χ0n) is 8.73. The van der Waals surface area contributed by atoms with Crippen molar-refractivity contribution in [3.63, 3.8) is 0 Å². The Morgan fingerprint density at radius 2 is 2.07 bits per heavy atom. The summed E-state index contributed by atoms with van der Waals surface area (Å²) in [5.41, 5.74) is 1.71. The van der Waals surface area contributed by atoms with Gasteiger partial charge in [-0.3, -0.25) is 4.79 Å². The first-order valence-electron chi connectivity index (χ1n) is 5.34. The number of hydrogen-bond acceptors (Lipinski definition) is 1. The maximum atomic E-state index is 11.9. The maximum absolute atomic E-state index is 11.9. The Balaban J connectivity index is 2.26. The quantitative estimate of drug-likeness (QED) is 0.678. The van der Waals surface area contributed by atoms with Crippen molar-refractivity contribution in [3.8, 4) is 0 Å². The van der Waals surface area contributed by atoms with Gasteiger partial charge in [-0.25, -0.2) is 0 Å². The third-order valence-corrected chi connectivity index (χ3v) is 3.33. The number of allylic oxidation sites excluding steroid dienone is 1. The van der Waals surface area contributed by atoms with E-state index < -0.39 is 0 Å². The molecule has 0 unspecified atom stereocenters. The smallest absolute Gasteiger partial charge is 0.234 e. The van der Waals surface area contributed by atoms with Crippen LogP contribution >= 0.6 is 0 Å². The van der Waals surface area contributed by atoms with Crippen LogP contribution in [0.1, 0.15) is 39.0 Å². The molecule has 2 rings (SSSR count). The van der Waals surface area contributed by atoms with E-state index in [2.05, 4.69) is 18.0 Å². The molecule has 76 valence electrons. The molecule has 1 spiro atoms. The monoisotopic (exact) mass is 191 g/mol. The van der Waals surface area contributed by atoms with Crippen LogP contribution < -0.4 is 5.32 Å². The highest BCUT2D eigenvalue weighted by Crippen LogP contribution is 2.42. The molecule has 0 bridgehead atoms. The molecule has 1 heterocycles. The van der Waals surface area contributed by atoms with Gasteiger partial charge in [0, 0.05) is 5.70 Å². The third kappa shape index (κ3) is 1.39. The predicted molar refractivity (Wildman–Crippen MR) is 56.6 cm³/mol. The lowest BCUT2D eigenvalue weighted by atomic mass is 9.74. The Morgan fingerprint density at radius 1 is 1.43 bits per heavy atom. The van der Waals surface area contributed by atoms with Gasteiger partial charge in [-0.05, 0) is 31.4 Å². The van der Waals surface area contributed by atoms with E-state index in [1.807, 2.05) is 6.92 Å². The highest BCUT2D eigenvalue weighted by Gasteiger charge is 2.42. The Labute approximate surface area is 85.1 Å². The molecule has 2 aliphatic rings. The lowest BCUT2D eigenvalue weighted by Gasteiger charge is -2.28. The molecule has 0 aromatic heterocycles. The second-order valence-corrected chi connectivity index (χ2v) is 4.51. The Hall–Kier alpha value is -1.05. The molecule has 2 nitrogen and oxygen atoms in total. The summed E-state index contributed by atoms with van der Waals surface area (Å²) < 4.78 is 0. The maximum Gasteiger partial charge on any atom is 0.234 e. The summed E-state index contributed by atoms with van der Waals surface area (Å²) in [4.78, 5) is 11.9. The molecule has 2 heteroatoms. The zero-order chi connectivity index (χ0) is 10.2. The van der Waals surface area contributed by atoms with E-state index in [9.17, 15) is 4.79 Å². The van der Waals surface area contributed by atoms with Crippen molar-refractivity contribution in [2.24, 2.45) is 5.41 Å². The van der Waals surface area contributed by atoms with Gasteiger partial charge in [-0.15, -0.1) is 0 Å². The summed E-state index contributed by atoms with van der Waals surface area (Å²) in [5.74, 6) is 0.190. The molecule has 1 aliphatic heterocycles. The summed E-state index contributed by atoms with van der Waals surface area (Å²) in [6, 6.07) is 0. The summed E-state index contributed by atoms with van der Waals surface area (Å²) in [6.45, 7) is 5.81. The molecular weight excluding hydrogens is 174 g/mol. The number of amides is 1. The summed E-state index contributed by atoms with van der Waals surface area (Å²) in [5, 5.41) is 2.94. The second kappa shape index (κ2) is 3.26. The van der Waals surface area contributed by atoms with Crippen LogP contribution in [0, 0.1) is 5.41 Å². The van der Waals surface area contributed by atoms with Crippen LogP contribution in [-0.2, 0) is 4.79 Å². The summed E-state index contributed by atoms with van der Waals surface area (Å²) in [7, 11) is 0. The van der Waals surface area contributed by atoms with Crippen molar-refractivity contribution >= 4 is 5.91 Å². The predicted octanol–water partition coefficient (Wildman–Crippen LogP) is 2.53. The number of nitrogens with one attached hydrogen (secondary N) is 1. The molecule has 0 saturated heterocycles. The SMILES string of the molecule is C=C(C)C1=CC2(CCCCC2)C(=O)N1. The normalized spacial score (nSPS) is 24.6. The molecule has 14 heavy (non-hydrogen) atoms. The first-order chi connectivity index (χ1) is 6.64. The molecule has 0 atom stereocenters. The number of carbonyl (C=O) groups excluding carboxylic acids is 1. The second-order valence-electron chi connectivity index (χ2n) is 4.51. The van der Waals surface area contributed by atoms with E-state index in [0.29, 0.717) is 0 Å². The van der Waals surface area contributed by atoms with Gasteiger partial charge in [-0.1, -0.05) is 25.8 Å². The van der Waals surface area contributed by atoms with Gasteiger partial charge in [0.2, 0.25) is 5.91 Å². The Bertz CT molecular complexity index is 308. The molecule has 1 amide bonds. The van der Waals surface area contributed by atoms with Crippen LogP contribution in [0.3, 0.4) is 0 Å². The van der Waals surface area contributed by atoms with Gasteiger partial charge in [0.15, 0.2) is 0 Å². The highest BCUT2D eigenvalue weighted by atomic mass is 16.2. The third-order valence-electron chi connectivity index (χ3n) is 3.33. The van der Waals surface area contributed by atoms with Gasteiger partial charge < -0.3 is 5.32 Å². The Kier molecular flexibility index (Phi) is 2.22. The average molecular weight is 191 g/mol. The van der Waals surface area contributed by atoms with Crippen molar-refractivity contribution in [2.45, 2.75) is 39.0 Å². The van der Waals surface area contributed by atoms with Crippen LogP contribution in [0.5, 0.6) is 0 Å². The standard InChI is InChI=1S/C12H17NO/c1-9(2)10-8-12(11(14)13-10)6-4-3-5-7-12/h8H,1,3-7H2,2H3,(H,13,14). The van der Waals surface area contributed by atoms with E-state index in [0.717, 1.165) is 24.1 Å². The van der Waals surface area contributed by atoms with Crippen molar-refractivity contribution < 1.29 is 4.79 Å². The minimum Gasteiger partial charge on any atom is -0.325 e. The molecule has 0 radical (unpaired) electrons. The Morgan fingerprint density at radius 3 is 2.57 bits per heavy atom. The van der Waals surface area contributed by atoms with Crippen molar-refractivity contribution in [3.05, 3.63) is 23.9 Å². The molecule has 1 N–H and O–H groups in total. The van der Waals surface area contributed by atoms with Crippen LogP contribution in [0.15, 0.2) is 23.9 Å². The van der Waals surface area contributed by atoms with E-state index in [-0.39, 0.29) is 11.3 Å². The summed E-state index contributed by atoms with van der Waals surface area (Å²) >= 11 is 0. The molecular formula is C12H17NO. The molecule has 0 aromatic rings. The zero-order valence-corrected chi connectivity index (χ0v) is 8.73. The van der Waals surface area contributed by atoms with Gasteiger partial charge in [0.1, 0.15) is 0 Å². The fourth-order valence-electron chi connectivity index (χ4n) is 2.41. The fourth-order valence-corrected chi connectivity index (χ4v) is 2.41. The van der Waals surface area contributed by atoms with Crippen molar-refractivity contribution in [1.29, 1.82) is 0 Å². The number of rotatable bonds is 1. The molecule has 0 aromatic carbocycles. The minimum absolute atomic E-state index is 0.188. The van der Waals surface area contributed by atoms with Crippen LogP contribution in [-0.4, -0.2) is 5.91 Å². The topological polar surface area (TPSA) is 29.1 Å². The van der Waals surface area contributed by atoms with Crippen LogP contribution in [0.25, 0.3) is 0 Å². The number of carbonyl (C=O) groups is 1. The van der Waals surface area contributed by atoms with Gasteiger partial charge >= 0.3 is 0 Å². The molecule has 1 saturated carbocycles. The average Bonchev–Trinajstić information content (AvgIpc) is 2.46. The van der Waals surface area contributed by atoms with Crippen molar-refractivity contribution in [1.82, 2.24) is 5.32 Å². The lowest BCUT2D eigenvalue weighted by molar-refractivity contribution is -0.127. The van der Waals surface area contributed by atoms with Gasteiger partial charge in [-0.2, -0.15) is 0 Å². The van der Waals surface area contributed by atoms with Crippen LogP contribution in [0.4, 0.5) is 0 Å². The fraction of sp³-hybridized carbons (Fsp3) is 0.583. The van der Waals surface area contributed by atoms with E-state index in [1.165, 1.54) is 19.3 Å². The first kappa shape index (κ1) is 9.50. The number of hydrogen-bond donors (Lipinski definition) is 1. The molecule has 1 aliphatic carbocycles. The minimum atomic E-state index is -0.188. The first-order valence-corrected chi connectivity index (χ1v) is 5.34. The van der Waals surface area contributed by atoms with E-state index in [1.54, 1.807) is 0 Å². The summed E-state index contributed by atoms with van der Waals surface area (Å²) in [6.07, 6.45) is 7.74. The lowest BCUT2D eigenvalue weighted by Crippen LogP contribution is -2.34. The molecule has 1 fully saturated rings. The van der Waals surface area contributed by atoms with Crippen LogP contribution in [0.2, 0.25) is 0 Å². The largest absolute Gasteiger partial charge is 0.325 e. The highest BCUT2D eigenvalue weighted by molar-refractivity contribution is 5.90. The van der Waals surface area contributed by atoms with E-state index in [4.69, 9.17) is 0 Å². The van der Waals surface area contributed by atoms with Crippen molar-refractivity contribution in [2.75, 3.05) is 0 Å².